The highest BCUT2D eigenvalue weighted by Gasteiger charge is 2.64. The van der Waals surface area contributed by atoms with Gasteiger partial charge in [-0.25, -0.2) is 18.4 Å². The number of aryl methyl sites for hydroxylation is 3. The highest BCUT2D eigenvalue weighted by molar-refractivity contribution is 5.90. The molecule has 7 heterocycles. The number of nitrogens with zero attached hydrogens (tertiary/aromatic N) is 9. The van der Waals surface area contributed by atoms with Crippen molar-refractivity contribution < 1.29 is 22.8 Å². The molecule has 3 aliphatic heterocycles. The third kappa shape index (κ3) is 5.84. The van der Waals surface area contributed by atoms with Crippen LogP contribution in [0, 0.1) is 31.4 Å². The zero-order valence-electron chi connectivity index (χ0n) is 35.6. The van der Waals surface area contributed by atoms with Gasteiger partial charge in [0.15, 0.2) is 11.6 Å². The normalized spacial score (nSPS) is 22.2. The van der Waals surface area contributed by atoms with Crippen molar-refractivity contribution in [1.29, 1.82) is 0 Å². The maximum Gasteiger partial charge on any atom is 0.438 e. The Morgan fingerprint density at radius 2 is 1.67 bits per heavy atom. The molecule has 4 atom stereocenters. The number of aromatic nitrogens is 8. The van der Waals surface area contributed by atoms with E-state index < -0.39 is 34.9 Å². The number of anilines is 1. The Morgan fingerprint density at radius 1 is 0.937 bits per heavy atom. The smallest absolute Gasteiger partial charge is 0.381 e. The second kappa shape index (κ2) is 14.2. The molecule has 17 heteroatoms. The minimum absolute atomic E-state index is 0.0475. The lowest BCUT2D eigenvalue weighted by Crippen LogP contribution is -2.54. The second-order valence-corrected chi connectivity index (χ2v) is 17.7. The minimum atomic E-state index is -0.778. The number of nitrogens with one attached hydrogen (secondary N) is 1. The summed E-state index contributed by atoms with van der Waals surface area (Å²) in [5.74, 6) is -0.913. The number of carbonyl (C=O) groups is 1. The molecule has 0 radical (unpaired) electrons. The van der Waals surface area contributed by atoms with Crippen molar-refractivity contribution in [2.75, 3.05) is 24.7 Å². The molecule has 1 saturated heterocycles. The quantitative estimate of drug-likeness (QED) is 0.200. The molecule has 2 fully saturated rings. The van der Waals surface area contributed by atoms with E-state index in [1.807, 2.05) is 16.5 Å². The van der Waals surface area contributed by atoms with Crippen molar-refractivity contribution in [3.8, 4) is 22.6 Å². The summed E-state index contributed by atoms with van der Waals surface area (Å²) in [6.45, 7) is 9.42. The van der Waals surface area contributed by atoms with Crippen LogP contribution >= 0.6 is 0 Å². The zero-order valence-corrected chi connectivity index (χ0v) is 35.6. The molecule has 7 aromatic rings. The Labute approximate surface area is 359 Å². The Balaban J connectivity index is 1.02. The number of imidazole rings is 1. The van der Waals surface area contributed by atoms with Crippen molar-refractivity contribution in [1.82, 2.24) is 43.7 Å². The molecule has 1 saturated carbocycles. The van der Waals surface area contributed by atoms with Crippen LogP contribution in [0.2, 0.25) is 0 Å². The predicted molar refractivity (Wildman–Crippen MR) is 228 cm³/mol. The molecule has 63 heavy (non-hydrogen) atoms. The molecule has 4 aliphatic rings. The van der Waals surface area contributed by atoms with Gasteiger partial charge in [-0.15, -0.1) is 0 Å². The number of amides is 1. The van der Waals surface area contributed by atoms with Crippen molar-refractivity contribution in [3.05, 3.63) is 127 Å². The van der Waals surface area contributed by atoms with Gasteiger partial charge in [0.25, 0.3) is 0 Å². The molecule has 0 spiro atoms. The van der Waals surface area contributed by atoms with E-state index in [0.717, 1.165) is 24.1 Å². The molecule has 324 valence electrons. The molecule has 1 N–H and O–H groups in total. The highest BCUT2D eigenvalue weighted by atomic mass is 19.1. The molecule has 1 aliphatic carbocycles. The molecule has 15 nitrogen and oxygen atoms in total. The monoisotopic (exact) mass is 856 g/mol. The lowest BCUT2D eigenvalue weighted by molar-refractivity contribution is -0.136. The lowest BCUT2D eigenvalue weighted by Gasteiger charge is -2.40. The van der Waals surface area contributed by atoms with E-state index in [-0.39, 0.29) is 28.7 Å². The Kier molecular flexibility index (Phi) is 8.85. The summed E-state index contributed by atoms with van der Waals surface area (Å²) >= 11 is 0. The number of halogens is 2. The van der Waals surface area contributed by atoms with E-state index >= 15 is 13.6 Å². The second-order valence-electron chi connectivity index (χ2n) is 17.7. The van der Waals surface area contributed by atoms with Gasteiger partial charge in [-0.1, -0.05) is 24.2 Å². The summed E-state index contributed by atoms with van der Waals surface area (Å²) in [5.41, 5.74) is 5.36. The largest absolute Gasteiger partial charge is 0.438 e. The molecule has 2 unspecified atom stereocenters. The van der Waals surface area contributed by atoms with Gasteiger partial charge in [0.2, 0.25) is 5.91 Å². The van der Waals surface area contributed by atoms with Crippen LogP contribution in [0.1, 0.15) is 78.8 Å². The summed E-state index contributed by atoms with van der Waals surface area (Å²) in [4.78, 5) is 49.4. The third-order valence-electron chi connectivity index (χ3n) is 14.1. The van der Waals surface area contributed by atoms with Crippen LogP contribution in [0.5, 0.6) is 0 Å². The number of carbonyl (C=O) groups excluding carboxylic acids is 1. The topological polar surface area (TPSA) is 154 Å². The predicted octanol–water partition coefficient (Wildman–Crippen LogP) is 6.11. The van der Waals surface area contributed by atoms with Crippen LogP contribution < -0.4 is 16.3 Å². The fourth-order valence-electron chi connectivity index (χ4n) is 10.8. The van der Waals surface area contributed by atoms with Gasteiger partial charge in [0, 0.05) is 56.9 Å². The van der Waals surface area contributed by atoms with Crippen molar-refractivity contribution in [3.63, 3.8) is 0 Å². The van der Waals surface area contributed by atoms with Gasteiger partial charge in [0.1, 0.15) is 28.8 Å². The van der Waals surface area contributed by atoms with E-state index in [2.05, 4.69) is 45.3 Å². The first-order chi connectivity index (χ1) is 30.3. The van der Waals surface area contributed by atoms with Gasteiger partial charge in [-0.2, -0.15) is 10.2 Å². The van der Waals surface area contributed by atoms with Gasteiger partial charge in [-0.3, -0.25) is 32.8 Å². The number of benzene rings is 3. The first-order valence-corrected chi connectivity index (χ1v) is 21.5. The Morgan fingerprint density at radius 3 is 2.38 bits per heavy atom. The molecule has 3 aromatic carbocycles. The van der Waals surface area contributed by atoms with Crippen molar-refractivity contribution in [2.45, 2.75) is 83.5 Å². The maximum absolute atomic E-state index is 16.1. The number of H-pyrrole nitrogens is 1. The Hall–Kier alpha value is -6.62. The first-order valence-electron chi connectivity index (χ1n) is 21.5. The molecule has 1 amide bonds. The molecule has 0 bridgehead atoms. The van der Waals surface area contributed by atoms with E-state index in [1.54, 1.807) is 56.0 Å². The summed E-state index contributed by atoms with van der Waals surface area (Å²) in [7, 11) is 1.72. The number of hydrogen-bond donors (Lipinski definition) is 1. The summed E-state index contributed by atoms with van der Waals surface area (Å²) in [5, 5.41) is 13.7. The van der Waals surface area contributed by atoms with Crippen molar-refractivity contribution in [2.24, 2.45) is 13.0 Å². The van der Waals surface area contributed by atoms with E-state index in [0.29, 0.717) is 90.2 Å². The van der Waals surface area contributed by atoms with Gasteiger partial charge in [0.05, 0.1) is 41.1 Å². The average molecular weight is 857 g/mol. The van der Waals surface area contributed by atoms with Gasteiger partial charge < -0.3 is 14.5 Å². The third-order valence-corrected chi connectivity index (χ3v) is 14.1. The highest BCUT2D eigenvalue weighted by Crippen LogP contribution is 2.60. The summed E-state index contributed by atoms with van der Waals surface area (Å²) in [6.07, 6.45) is 7.46. The van der Waals surface area contributed by atoms with E-state index in [9.17, 15) is 9.59 Å². The SMILES string of the molecule is Cc1cc(-c2nn3c(c2-n2ccn(-c4ccc5c(cnn5C)c4F)c2=O)C(C)N(C(=O)C2Cc4cc(C5CCOCC5)ccc4N2[C@@]2(c4noc(=O)[nH]4)C[C@@H]2C)CC3)cc(C)c1F. The van der Waals surface area contributed by atoms with Crippen LogP contribution in [0.15, 0.2) is 75.2 Å². The standard InChI is InChI=1S/C46H46F2N10O5/c1-24-18-31(19-25(2)37(24)47)39-41(56-13-12-55(45(56)61)35-9-8-34-32(38(35)48)23-49-53(34)5)40-27(4)54(14-15-57(40)51-39)42(59)36-21-30-20-29(28-10-16-62-17-11-28)6-7-33(30)58(36)46(22-26(46)3)43-50-44(60)63-52-43/h6-9,12-13,18-20,23,26-28,36H,10-11,14-17,21-22H2,1-5H3,(H,50,52,60)/t26-,27?,36?,46-/m0/s1. The zero-order chi connectivity index (χ0) is 43.6. The molecule has 4 aromatic heterocycles. The average Bonchev–Trinajstić information content (AvgIpc) is 3.91. The van der Waals surface area contributed by atoms with E-state index in [4.69, 9.17) is 14.4 Å². The number of hydrogen-bond acceptors (Lipinski definition) is 9. The van der Waals surface area contributed by atoms with Gasteiger partial charge >= 0.3 is 11.4 Å². The molecular weight excluding hydrogens is 811 g/mol. The van der Waals surface area contributed by atoms with Crippen LogP contribution in [0.3, 0.4) is 0 Å². The van der Waals surface area contributed by atoms with E-state index in [1.165, 1.54) is 27.1 Å². The van der Waals surface area contributed by atoms with Crippen LogP contribution in [-0.4, -0.2) is 75.4 Å². The number of ether oxygens (including phenoxy) is 1. The molecule has 11 rings (SSSR count). The minimum Gasteiger partial charge on any atom is -0.381 e. The molecular formula is C46H46F2N10O5. The summed E-state index contributed by atoms with van der Waals surface area (Å²) < 4.78 is 48.0. The summed E-state index contributed by atoms with van der Waals surface area (Å²) in [6, 6.07) is 11.9. The maximum atomic E-state index is 16.1. The number of rotatable bonds is 7. The fraction of sp³-hybridized carbons (Fsp3) is 0.391. The lowest BCUT2D eigenvalue weighted by atomic mass is 9.90. The van der Waals surface area contributed by atoms with Crippen molar-refractivity contribution >= 4 is 22.5 Å². The van der Waals surface area contributed by atoms with Crippen LogP contribution in [0.4, 0.5) is 14.5 Å². The van der Waals surface area contributed by atoms with Crippen LogP contribution in [0.25, 0.3) is 33.5 Å². The number of aromatic amines is 1. The van der Waals surface area contributed by atoms with Crippen LogP contribution in [-0.2, 0) is 35.1 Å². The number of fused-ring (bicyclic) bond motifs is 3. The first kappa shape index (κ1) is 39.2. The Bertz CT molecular complexity index is 3110. The van der Waals surface area contributed by atoms with Gasteiger partial charge in [-0.05, 0) is 104 Å². The fourth-order valence-corrected chi connectivity index (χ4v) is 10.8.